The molecular formula is C25H22N4O4S. The molecule has 3 rings (SSSR count). The van der Waals surface area contributed by atoms with Gasteiger partial charge >= 0.3 is 0 Å². The standard InChI is InChI=1S/C25H22N4O4S/c1-28(17-19-8-3-2-4-9-19)24(31)21-12-5-6-13-22(21)26-25(34)27-23(30)15-14-18-10-7-11-20(16-18)29(32)33/h2-16H,17H2,1H3,(H2,26,27,30,34)/b15-14+. The second kappa shape index (κ2) is 11.5. The van der Waals surface area contributed by atoms with E-state index in [1.807, 2.05) is 30.3 Å². The third-order valence-corrected chi connectivity index (χ3v) is 4.96. The van der Waals surface area contributed by atoms with Gasteiger partial charge in [-0.2, -0.15) is 0 Å². The number of nitro groups is 1. The Morgan fingerprint density at radius 1 is 1.03 bits per heavy atom. The first-order chi connectivity index (χ1) is 16.3. The zero-order chi connectivity index (χ0) is 24.5. The number of carbonyl (C=O) groups excluding carboxylic acids is 2. The van der Waals surface area contributed by atoms with E-state index in [0.29, 0.717) is 23.4 Å². The minimum Gasteiger partial charge on any atom is -0.337 e. The van der Waals surface area contributed by atoms with Gasteiger partial charge in [0.05, 0.1) is 16.2 Å². The zero-order valence-corrected chi connectivity index (χ0v) is 19.1. The molecule has 0 bridgehead atoms. The first-order valence-electron chi connectivity index (χ1n) is 10.3. The molecule has 0 aliphatic heterocycles. The minimum atomic E-state index is -0.519. The highest BCUT2D eigenvalue weighted by molar-refractivity contribution is 7.80. The topological polar surface area (TPSA) is 105 Å². The van der Waals surface area contributed by atoms with Crippen molar-refractivity contribution >= 4 is 46.6 Å². The van der Waals surface area contributed by atoms with Gasteiger partial charge in [0.1, 0.15) is 0 Å². The van der Waals surface area contributed by atoms with E-state index in [0.717, 1.165) is 5.56 Å². The summed E-state index contributed by atoms with van der Waals surface area (Å²) in [5, 5.41) is 16.3. The van der Waals surface area contributed by atoms with E-state index in [1.165, 1.54) is 30.4 Å². The van der Waals surface area contributed by atoms with E-state index in [1.54, 1.807) is 42.3 Å². The Balaban J connectivity index is 1.63. The fraction of sp³-hybridized carbons (Fsp3) is 0.0800. The molecule has 8 nitrogen and oxygen atoms in total. The van der Waals surface area contributed by atoms with Gasteiger partial charge in [0.25, 0.3) is 11.6 Å². The second-order valence-corrected chi connectivity index (χ2v) is 7.73. The summed E-state index contributed by atoms with van der Waals surface area (Å²) in [6.45, 7) is 0.442. The van der Waals surface area contributed by atoms with Gasteiger partial charge in [0.2, 0.25) is 5.91 Å². The SMILES string of the molecule is CN(Cc1ccccc1)C(=O)c1ccccc1NC(=S)NC(=O)/C=C/c1cccc([N+](=O)[O-])c1. The van der Waals surface area contributed by atoms with Crippen LogP contribution in [0.1, 0.15) is 21.5 Å². The third kappa shape index (κ3) is 6.81. The summed E-state index contributed by atoms with van der Waals surface area (Å²) in [4.78, 5) is 37.2. The van der Waals surface area contributed by atoms with Crippen molar-refractivity contribution in [3.63, 3.8) is 0 Å². The molecule has 2 N–H and O–H groups in total. The zero-order valence-electron chi connectivity index (χ0n) is 18.3. The van der Waals surface area contributed by atoms with Gasteiger partial charge in [-0.1, -0.05) is 54.6 Å². The second-order valence-electron chi connectivity index (χ2n) is 7.32. The number of hydrogen-bond donors (Lipinski definition) is 2. The molecule has 0 saturated heterocycles. The number of nitro benzene ring substituents is 1. The molecule has 9 heteroatoms. The molecule has 0 aliphatic rings. The van der Waals surface area contributed by atoms with Crippen molar-refractivity contribution in [3.8, 4) is 0 Å². The maximum atomic E-state index is 13.0. The first-order valence-corrected chi connectivity index (χ1v) is 10.7. The largest absolute Gasteiger partial charge is 0.337 e. The van der Waals surface area contributed by atoms with Crippen LogP contribution in [0.5, 0.6) is 0 Å². The summed E-state index contributed by atoms with van der Waals surface area (Å²) in [6.07, 6.45) is 2.67. The summed E-state index contributed by atoms with van der Waals surface area (Å²) in [5.74, 6) is -0.722. The number of nitrogens with zero attached hydrogens (tertiary/aromatic N) is 2. The van der Waals surface area contributed by atoms with Crippen molar-refractivity contribution in [3.05, 3.63) is 112 Å². The minimum absolute atomic E-state index is 0.0136. The predicted molar refractivity (Wildman–Crippen MR) is 135 cm³/mol. The van der Waals surface area contributed by atoms with Crippen LogP contribution in [-0.2, 0) is 11.3 Å². The van der Waals surface area contributed by atoms with Crippen LogP contribution < -0.4 is 10.6 Å². The van der Waals surface area contributed by atoms with E-state index in [9.17, 15) is 19.7 Å². The normalized spacial score (nSPS) is 10.5. The van der Waals surface area contributed by atoms with Crippen molar-refractivity contribution in [2.24, 2.45) is 0 Å². The molecule has 0 unspecified atom stereocenters. The number of hydrogen-bond acceptors (Lipinski definition) is 5. The van der Waals surface area contributed by atoms with E-state index < -0.39 is 10.8 Å². The van der Waals surface area contributed by atoms with Gasteiger partial charge in [-0.3, -0.25) is 25.0 Å². The van der Waals surface area contributed by atoms with Crippen LogP contribution >= 0.6 is 12.2 Å². The quantitative estimate of drug-likeness (QED) is 0.228. The van der Waals surface area contributed by atoms with Crippen LogP contribution in [0.25, 0.3) is 6.08 Å². The lowest BCUT2D eigenvalue weighted by atomic mass is 10.1. The number of thiocarbonyl (C=S) groups is 1. The monoisotopic (exact) mass is 474 g/mol. The Morgan fingerprint density at radius 3 is 2.47 bits per heavy atom. The number of rotatable bonds is 7. The van der Waals surface area contributed by atoms with Crippen LogP contribution in [0.3, 0.4) is 0 Å². The Hall–Kier alpha value is -4.37. The Bertz CT molecular complexity index is 1240. The van der Waals surface area contributed by atoms with Crippen LogP contribution in [0, 0.1) is 10.1 Å². The summed E-state index contributed by atoms with van der Waals surface area (Å²) < 4.78 is 0. The molecule has 2 amide bonds. The molecule has 0 fully saturated rings. The summed E-state index contributed by atoms with van der Waals surface area (Å²) >= 11 is 5.22. The van der Waals surface area contributed by atoms with Crippen LogP contribution in [-0.4, -0.2) is 33.8 Å². The number of para-hydroxylation sites is 1. The lowest BCUT2D eigenvalue weighted by molar-refractivity contribution is -0.384. The molecule has 34 heavy (non-hydrogen) atoms. The van der Waals surface area contributed by atoms with Gasteiger partial charge in [0.15, 0.2) is 5.11 Å². The molecular weight excluding hydrogens is 452 g/mol. The maximum absolute atomic E-state index is 13.0. The van der Waals surface area contributed by atoms with Gasteiger partial charge in [-0.25, -0.2) is 0 Å². The summed E-state index contributed by atoms with van der Waals surface area (Å²) in [5.41, 5.74) is 2.30. The maximum Gasteiger partial charge on any atom is 0.270 e. The highest BCUT2D eigenvalue weighted by atomic mass is 32.1. The molecule has 0 heterocycles. The number of nitrogens with one attached hydrogen (secondary N) is 2. The van der Waals surface area contributed by atoms with Crippen LogP contribution in [0.2, 0.25) is 0 Å². The molecule has 3 aromatic carbocycles. The molecule has 0 saturated carbocycles. The van der Waals surface area contributed by atoms with E-state index >= 15 is 0 Å². The third-order valence-electron chi connectivity index (χ3n) is 4.76. The van der Waals surface area contributed by atoms with Crippen LogP contribution in [0.15, 0.2) is 84.9 Å². The lowest BCUT2D eigenvalue weighted by Gasteiger charge is -2.20. The fourth-order valence-electron chi connectivity index (χ4n) is 3.13. The highest BCUT2D eigenvalue weighted by Gasteiger charge is 2.17. The Morgan fingerprint density at radius 2 is 1.74 bits per heavy atom. The van der Waals surface area contributed by atoms with E-state index in [-0.39, 0.29) is 16.7 Å². The molecule has 0 radical (unpaired) electrons. The average molecular weight is 475 g/mol. The van der Waals surface area contributed by atoms with Gasteiger partial charge < -0.3 is 10.2 Å². The first kappa shape index (κ1) is 24.3. The highest BCUT2D eigenvalue weighted by Crippen LogP contribution is 2.18. The average Bonchev–Trinajstić information content (AvgIpc) is 2.83. The number of non-ortho nitro benzene ring substituents is 1. The molecule has 0 spiro atoms. The smallest absolute Gasteiger partial charge is 0.270 e. The fourth-order valence-corrected chi connectivity index (χ4v) is 3.34. The number of carbonyl (C=O) groups is 2. The van der Waals surface area contributed by atoms with Crippen LogP contribution in [0.4, 0.5) is 11.4 Å². The molecule has 0 aliphatic carbocycles. The number of amides is 2. The van der Waals surface area contributed by atoms with Crippen molar-refractivity contribution in [2.45, 2.75) is 6.54 Å². The van der Waals surface area contributed by atoms with Crippen molar-refractivity contribution in [1.29, 1.82) is 0 Å². The molecule has 0 aromatic heterocycles. The van der Waals surface area contributed by atoms with Gasteiger partial charge in [-0.05, 0) is 41.6 Å². The molecule has 172 valence electrons. The summed E-state index contributed by atoms with van der Waals surface area (Å²) in [6, 6.07) is 22.4. The van der Waals surface area contributed by atoms with Gasteiger partial charge in [0, 0.05) is 31.8 Å². The lowest BCUT2D eigenvalue weighted by Crippen LogP contribution is -2.34. The van der Waals surface area contributed by atoms with Crippen molar-refractivity contribution in [2.75, 3.05) is 12.4 Å². The van der Waals surface area contributed by atoms with Gasteiger partial charge in [-0.15, -0.1) is 0 Å². The Kier molecular flexibility index (Phi) is 8.20. The molecule has 0 atom stereocenters. The van der Waals surface area contributed by atoms with E-state index in [4.69, 9.17) is 12.2 Å². The predicted octanol–water partition coefficient (Wildman–Crippen LogP) is 4.39. The molecule has 3 aromatic rings. The number of benzene rings is 3. The Labute approximate surface area is 202 Å². The van der Waals surface area contributed by atoms with Crippen molar-refractivity contribution < 1.29 is 14.5 Å². The van der Waals surface area contributed by atoms with Crippen molar-refractivity contribution in [1.82, 2.24) is 10.2 Å². The summed E-state index contributed by atoms with van der Waals surface area (Å²) in [7, 11) is 1.71. The number of anilines is 1. The van der Waals surface area contributed by atoms with E-state index in [2.05, 4.69) is 10.6 Å².